The average molecular weight is 268 g/mol. The fraction of sp³-hybridized carbons (Fsp3) is 0.692. The molecule has 1 aliphatic heterocycles. The molecule has 0 aromatic carbocycles. The third-order valence-corrected chi connectivity index (χ3v) is 2.37. The molecule has 1 aromatic heterocycles. The minimum Gasteiger partial charge on any atom is -0.478 e. The van der Waals surface area contributed by atoms with Crippen LogP contribution in [-0.2, 0) is 0 Å². The van der Waals surface area contributed by atoms with Crippen LogP contribution in [0.25, 0.3) is 0 Å². The minimum absolute atomic E-state index is 0.217. The third-order valence-electron chi connectivity index (χ3n) is 2.37. The largest absolute Gasteiger partial charge is 0.478 e. The molecule has 0 aliphatic carbocycles. The van der Waals surface area contributed by atoms with Crippen LogP contribution in [0.2, 0.25) is 0 Å². The Morgan fingerprint density at radius 3 is 2.74 bits per heavy atom. The summed E-state index contributed by atoms with van der Waals surface area (Å²) in [4.78, 5) is 8.09. The number of hydrogen-bond donors (Lipinski definition) is 2. The van der Waals surface area contributed by atoms with Crippen LogP contribution < -0.4 is 20.5 Å². The predicted molar refractivity (Wildman–Crippen MR) is 74.4 cm³/mol. The Kier molecular flexibility index (Phi) is 7.84. The van der Waals surface area contributed by atoms with Crippen LogP contribution in [0.1, 0.15) is 26.7 Å². The standard InChI is InChI=1S/C11H17N3O2.C2H7N/c1-2-5-15-10-6-11(14-8-13-10)16-9-3-4-12-7-9;1-2-3/h6,8-9,12H,2-5,7H2,1H3;2-3H2,1H3. The first-order valence-corrected chi connectivity index (χ1v) is 6.82. The number of ether oxygens (including phenoxy) is 2. The first-order valence-electron chi connectivity index (χ1n) is 6.82. The average Bonchev–Trinajstić information content (AvgIpc) is 2.91. The Labute approximate surface area is 114 Å². The Morgan fingerprint density at radius 1 is 1.37 bits per heavy atom. The van der Waals surface area contributed by atoms with E-state index in [1.807, 2.05) is 6.92 Å². The molecule has 3 N–H and O–H groups in total. The van der Waals surface area contributed by atoms with Crippen LogP contribution in [0.3, 0.4) is 0 Å². The highest BCUT2D eigenvalue weighted by Crippen LogP contribution is 2.16. The summed E-state index contributed by atoms with van der Waals surface area (Å²) in [5, 5.41) is 3.24. The van der Waals surface area contributed by atoms with Crippen molar-refractivity contribution < 1.29 is 9.47 Å². The van der Waals surface area contributed by atoms with Crippen LogP contribution in [0.4, 0.5) is 0 Å². The van der Waals surface area contributed by atoms with E-state index in [-0.39, 0.29) is 6.10 Å². The molecule has 0 bridgehead atoms. The summed E-state index contributed by atoms with van der Waals surface area (Å²) in [7, 11) is 0. The molecule has 1 saturated heterocycles. The molecular weight excluding hydrogens is 244 g/mol. The van der Waals surface area contributed by atoms with E-state index in [4.69, 9.17) is 15.2 Å². The van der Waals surface area contributed by atoms with Gasteiger partial charge in [-0.2, -0.15) is 0 Å². The van der Waals surface area contributed by atoms with Gasteiger partial charge >= 0.3 is 0 Å². The van der Waals surface area contributed by atoms with Crippen molar-refractivity contribution in [3.8, 4) is 11.8 Å². The highest BCUT2D eigenvalue weighted by molar-refractivity contribution is 5.18. The monoisotopic (exact) mass is 268 g/mol. The van der Waals surface area contributed by atoms with Crippen molar-refractivity contribution in [2.24, 2.45) is 5.73 Å². The van der Waals surface area contributed by atoms with Gasteiger partial charge in [0, 0.05) is 6.54 Å². The van der Waals surface area contributed by atoms with Crippen molar-refractivity contribution in [3.63, 3.8) is 0 Å². The van der Waals surface area contributed by atoms with E-state index in [0.29, 0.717) is 18.4 Å². The topological polar surface area (TPSA) is 82.3 Å². The third kappa shape index (κ3) is 6.35. The lowest BCUT2D eigenvalue weighted by Gasteiger charge is -2.11. The number of hydrogen-bond acceptors (Lipinski definition) is 6. The van der Waals surface area contributed by atoms with E-state index < -0.39 is 0 Å². The molecule has 0 amide bonds. The molecule has 0 radical (unpaired) electrons. The van der Waals surface area contributed by atoms with Gasteiger partial charge in [0.25, 0.3) is 0 Å². The fourth-order valence-electron chi connectivity index (χ4n) is 1.57. The Bertz CT molecular complexity index is 343. The summed E-state index contributed by atoms with van der Waals surface area (Å²) in [5.41, 5.74) is 4.85. The van der Waals surface area contributed by atoms with E-state index in [1.165, 1.54) is 6.33 Å². The second kappa shape index (κ2) is 9.52. The summed E-state index contributed by atoms with van der Waals surface area (Å²) in [6.07, 6.45) is 3.68. The van der Waals surface area contributed by atoms with Gasteiger partial charge in [0.1, 0.15) is 12.4 Å². The zero-order valence-electron chi connectivity index (χ0n) is 11.8. The zero-order valence-corrected chi connectivity index (χ0v) is 11.8. The minimum atomic E-state index is 0.217. The first-order chi connectivity index (χ1) is 9.30. The maximum Gasteiger partial charge on any atom is 0.220 e. The summed E-state index contributed by atoms with van der Waals surface area (Å²) >= 11 is 0. The summed E-state index contributed by atoms with van der Waals surface area (Å²) in [5.74, 6) is 1.17. The molecule has 19 heavy (non-hydrogen) atoms. The lowest BCUT2D eigenvalue weighted by atomic mass is 10.3. The smallest absolute Gasteiger partial charge is 0.220 e. The van der Waals surface area contributed by atoms with Gasteiger partial charge in [-0.25, -0.2) is 9.97 Å². The van der Waals surface area contributed by atoms with Crippen molar-refractivity contribution >= 4 is 0 Å². The summed E-state index contributed by atoms with van der Waals surface area (Å²) in [6.45, 7) is 7.27. The van der Waals surface area contributed by atoms with Gasteiger partial charge in [-0.05, 0) is 25.9 Å². The zero-order chi connectivity index (χ0) is 13.9. The maximum atomic E-state index is 5.70. The van der Waals surface area contributed by atoms with Gasteiger partial charge in [-0.15, -0.1) is 0 Å². The molecule has 1 atom stereocenters. The summed E-state index contributed by atoms with van der Waals surface area (Å²) < 4.78 is 11.1. The highest BCUT2D eigenvalue weighted by Gasteiger charge is 2.16. The van der Waals surface area contributed by atoms with Gasteiger partial charge < -0.3 is 20.5 Å². The van der Waals surface area contributed by atoms with Gasteiger partial charge in [0.15, 0.2) is 0 Å². The second-order valence-electron chi connectivity index (χ2n) is 4.18. The van der Waals surface area contributed by atoms with Gasteiger partial charge in [0.05, 0.1) is 12.7 Å². The molecule has 1 aromatic rings. The van der Waals surface area contributed by atoms with Crippen LogP contribution in [-0.4, -0.2) is 42.3 Å². The Morgan fingerprint density at radius 2 is 2.11 bits per heavy atom. The maximum absolute atomic E-state index is 5.70. The van der Waals surface area contributed by atoms with Gasteiger partial charge in [-0.3, -0.25) is 0 Å². The molecule has 108 valence electrons. The van der Waals surface area contributed by atoms with Crippen LogP contribution in [0.5, 0.6) is 11.8 Å². The van der Waals surface area contributed by atoms with E-state index >= 15 is 0 Å². The van der Waals surface area contributed by atoms with Crippen LogP contribution in [0, 0.1) is 0 Å². The number of nitrogens with two attached hydrogens (primary N) is 1. The van der Waals surface area contributed by atoms with Crippen molar-refractivity contribution in [2.75, 3.05) is 26.2 Å². The molecule has 2 heterocycles. The SMILES string of the molecule is CCCOc1cc(OC2CCNC2)ncn1.CCN. The van der Waals surface area contributed by atoms with Crippen molar-refractivity contribution in [3.05, 3.63) is 12.4 Å². The van der Waals surface area contributed by atoms with E-state index in [0.717, 1.165) is 32.5 Å². The fourth-order valence-corrected chi connectivity index (χ4v) is 1.57. The number of nitrogens with zero attached hydrogens (tertiary/aromatic N) is 2. The molecule has 1 aliphatic rings. The molecule has 6 nitrogen and oxygen atoms in total. The molecule has 1 fully saturated rings. The number of rotatable bonds is 5. The van der Waals surface area contributed by atoms with E-state index in [2.05, 4.69) is 22.2 Å². The molecular formula is C13H24N4O2. The van der Waals surface area contributed by atoms with E-state index in [9.17, 15) is 0 Å². The van der Waals surface area contributed by atoms with Crippen molar-refractivity contribution in [1.82, 2.24) is 15.3 Å². The van der Waals surface area contributed by atoms with Crippen LogP contribution in [0.15, 0.2) is 12.4 Å². The quantitative estimate of drug-likeness (QED) is 0.828. The lowest BCUT2D eigenvalue weighted by molar-refractivity contribution is 0.211. The van der Waals surface area contributed by atoms with Crippen LogP contribution >= 0.6 is 0 Å². The number of nitrogens with one attached hydrogen (secondary N) is 1. The summed E-state index contributed by atoms with van der Waals surface area (Å²) in [6, 6.07) is 1.74. The first kappa shape index (κ1) is 15.7. The van der Waals surface area contributed by atoms with E-state index in [1.54, 1.807) is 6.07 Å². The molecule has 0 saturated carbocycles. The Hall–Kier alpha value is -1.40. The second-order valence-corrected chi connectivity index (χ2v) is 4.18. The molecule has 0 spiro atoms. The predicted octanol–water partition coefficient (Wildman–Crippen LogP) is 0.971. The molecule has 6 heteroatoms. The van der Waals surface area contributed by atoms with Gasteiger partial charge in [-0.1, -0.05) is 13.8 Å². The molecule has 2 rings (SSSR count). The van der Waals surface area contributed by atoms with Crippen molar-refractivity contribution in [1.29, 1.82) is 0 Å². The highest BCUT2D eigenvalue weighted by atomic mass is 16.5. The van der Waals surface area contributed by atoms with Gasteiger partial charge in [0.2, 0.25) is 11.8 Å². The molecule has 1 unspecified atom stereocenters. The normalized spacial score (nSPS) is 17.5. The Balaban J connectivity index is 0.000000550. The lowest BCUT2D eigenvalue weighted by Crippen LogP contribution is -2.20. The van der Waals surface area contributed by atoms with Crippen molar-refractivity contribution in [2.45, 2.75) is 32.8 Å². The number of aromatic nitrogens is 2.